The molecule has 3 atom stereocenters. The van der Waals surface area contributed by atoms with Gasteiger partial charge in [0.25, 0.3) is 0 Å². The smallest absolute Gasteiger partial charge is 0.362 e. The molecule has 0 heterocycles. The second kappa shape index (κ2) is 25.8. The standard InChI is InChI=1S/C35H67NO6/c1-5-9-10-11-12-13-14-15-16-17-18-19-20-21-22-23-24-25-29-36(30(26-6-2)33(37)38,31(27-7-3)34(39)40)32(28-8-4)35(41)42/h30-32H,5-29H2,1-4H3,(H2-,37,38,39,40,41,42)/p+1. The molecule has 0 spiro atoms. The van der Waals surface area contributed by atoms with Crippen molar-refractivity contribution in [1.82, 2.24) is 0 Å². The van der Waals surface area contributed by atoms with Crippen LogP contribution in [0.1, 0.15) is 182 Å². The molecular formula is C35H68NO6+. The number of hydrogen-bond donors (Lipinski definition) is 3. The van der Waals surface area contributed by atoms with E-state index in [2.05, 4.69) is 6.92 Å². The maximum absolute atomic E-state index is 12.6. The van der Waals surface area contributed by atoms with E-state index in [1.54, 1.807) is 0 Å². The maximum Gasteiger partial charge on any atom is 0.362 e. The van der Waals surface area contributed by atoms with Crippen LogP contribution in [0.25, 0.3) is 0 Å². The van der Waals surface area contributed by atoms with Gasteiger partial charge >= 0.3 is 17.9 Å². The lowest BCUT2D eigenvalue weighted by atomic mass is 9.91. The van der Waals surface area contributed by atoms with Gasteiger partial charge in [0, 0.05) is 19.3 Å². The second-order valence-corrected chi connectivity index (χ2v) is 12.7. The van der Waals surface area contributed by atoms with E-state index in [4.69, 9.17) is 0 Å². The van der Waals surface area contributed by atoms with Crippen molar-refractivity contribution in [3.63, 3.8) is 0 Å². The summed E-state index contributed by atoms with van der Waals surface area (Å²) < 4.78 is -0.367. The molecule has 42 heavy (non-hydrogen) atoms. The van der Waals surface area contributed by atoms with Crippen molar-refractivity contribution in [2.45, 2.75) is 200 Å². The number of carboxylic acid groups (broad SMARTS) is 3. The van der Waals surface area contributed by atoms with E-state index in [0.717, 1.165) is 19.3 Å². The molecule has 0 aromatic heterocycles. The molecule has 0 saturated carbocycles. The number of nitrogens with zero attached hydrogens (tertiary/aromatic N) is 1. The molecule has 0 aliphatic heterocycles. The molecule has 7 heteroatoms. The first-order chi connectivity index (χ1) is 20.2. The summed E-state index contributed by atoms with van der Waals surface area (Å²) in [4.78, 5) is 37.8. The minimum absolute atomic E-state index is 0.273. The van der Waals surface area contributed by atoms with Gasteiger partial charge in [-0.2, -0.15) is 0 Å². The summed E-state index contributed by atoms with van der Waals surface area (Å²) in [6, 6.07) is -3.12. The zero-order valence-electron chi connectivity index (χ0n) is 27.9. The Labute approximate surface area is 258 Å². The van der Waals surface area contributed by atoms with Crippen LogP contribution in [-0.2, 0) is 14.4 Å². The molecule has 0 fully saturated rings. The lowest BCUT2D eigenvalue weighted by molar-refractivity contribution is -0.973. The average Bonchev–Trinajstić information content (AvgIpc) is 2.95. The lowest BCUT2D eigenvalue weighted by Crippen LogP contribution is -2.72. The van der Waals surface area contributed by atoms with E-state index in [-0.39, 0.29) is 30.3 Å². The quantitative estimate of drug-likeness (QED) is 0.0541. The van der Waals surface area contributed by atoms with Crippen LogP contribution in [0.15, 0.2) is 0 Å². The fourth-order valence-corrected chi connectivity index (χ4v) is 6.94. The number of rotatable bonds is 31. The number of carboxylic acids is 3. The van der Waals surface area contributed by atoms with Gasteiger partial charge in [0.2, 0.25) is 0 Å². The van der Waals surface area contributed by atoms with E-state index in [0.29, 0.717) is 25.7 Å². The minimum Gasteiger partial charge on any atom is -0.477 e. The van der Waals surface area contributed by atoms with Gasteiger partial charge in [0.15, 0.2) is 18.1 Å². The van der Waals surface area contributed by atoms with Gasteiger partial charge in [-0.25, -0.2) is 14.4 Å². The molecular weight excluding hydrogens is 530 g/mol. The number of unbranched alkanes of at least 4 members (excludes halogenated alkanes) is 17. The van der Waals surface area contributed by atoms with Crippen LogP contribution >= 0.6 is 0 Å². The third-order valence-corrected chi connectivity index (χ3v) is 9.18. The van der Waals surface area contributed by atoms with Crippen LogP contribution in [-0.4, -0.2) is 62.4 Å². The Morgan fingerprint density at radius 1 is 0.405 bits per heavy atom. The van der Waals surface area contributed by atoms with Crippen molar-refractivity contribution in [2.24, 2.45) is 0 Å². The van der Waals surface area contributed by atoms with Crippen LogP contribution in [0, 0.1) is 0 Å². The Balaban J connectivity index is 4.85. The van der Waals surface area contributed by atoms with Crippen LogP contribution in [0.4, 0.5) is 0 Å². The maximum atomic E-state index is 12.6. The number of quaternary nitrogens is 1. The summed E-state index contributed by atoms with van der Waals surface area (Å²) in [5.74, 6) is -3.24. The average molecular weight is 599 g/mol. The number of hydrogen-bond acceptors (Lipinski definition) is 3. The highest BCUT2D eigenvalue weighted by molar-refractivity contribution is 5.78. The highest BCUT2D eigenvalue weighted by Gasteiger charge is 2.56. The van der Waals surface area contributed by atoms with Gasteiger partial charge in [0.1, 0.15) is 0 Å². The van der Waals surface area contributed by atoms with Crippen LogP contribution in [0.5, 0.6) is 0 Å². The molecule has 3 N–H and O–H groups in total. The van der Waals surface area contributed by atoms with Gasteiger partial charge < -0.3 is 15.3 Å². The van der Waals surface area contributed by atoms with Gasteiger partial charge in [0.05, 0.1) is 6.54 Å². The Kier molecular flexibility index (Phi) is 24.8. The third kappa shape index (κ3) is 15.7. The van der Waals surface area contributed by atoms with Crippen molar-refractivity contribution >= 4 is 17.9 Å². The molecule has 248 valence electrons. The fourth-order valence-electron chi connectivity index (χ4n) is 6.94. The van der Waals surface area contributed by atoms with E-state index < -0.39 is 36.0 Å². The number of aliphatic carboxylic acids is 3. The Bertz CT molecular complexity index is 637. The Morgan fingerprint density at radius 3 is 0.857 bits per heavy atom. The molecule has 0 saturated heterocycles. The molecule has 3 unspecified atom stereocenters. The minimum atomic E-state index is -1.08. The van der Waals surface area contributed by atoms with Crippen molar-refractivity contribution in [3.8, 4) is 0 Å². The van der Waals surface area contributed by atoms with Crippen molar-refractivity contribution in [3.05, 3.63) is 0 Å². The molecule has 0 rings (SSSR count). The summed E-state index contributed by atoms with van der Waals surface area (Å²) in [5.41, 5.74) is 0. The van der Waals surface area contributed by atoms with Crippen molar-refractivity contribution in [1.29, 1.82) is 0 Å². The Hall–Kier alpha value is -1.63. The topological polar surface area (TPSA) is 112 Å². The van der Waals surface area contributed by atoms with E-state index in [1.807, 2.05) is 20.8 Å². The predicted octanol–water partition coefficient (Wildman–Crippen LogP) is 9.60. The van der Waals surface area contributed by atoms with Crippen LogP contribution < -0.4 is 0 Å². The summed E-state index contributed by atoms with van der Waals surface area (Å²) >= 11 is 0. The zero-order chi connectivity index (χ0) is 31.6. The van der Waals surface area contributed by atoms with E-state index in [1.165, 1.54) is 89.9 Å². The molecule has 0 bridgehead atoms. The second-order valence-electron chi connectivity index (χ2n) is 12.7. The summed E-state index contributed by atoms with van der Waals surface area (Å²) in [6.07, 6.45) is 24.9. The monoisotopic (exact) mass is 599 g/mol. The molecule has 0 amide bonds. The molecule has 0 aliphatic rings. The van der Waals surface area contributed by atoms with Gasteiger partial charge in [-0.05, 0) is 32.1 Å². The van der Waals surface area contributed by atoms with Gasteiger partial charge in [-0.3, -0.25) is 4.48 Å². The fraction of sp³-hybridized carbons (Fsp3) is 0.914. The predicted molar refractivity (Wildman–Crippen MR) is 173 cm³/mol. The first kappa shape index (κ1) is 40.4. The summed E-state index contributed by atoms with van der Waals surface area (Å²) in [5, 5.41) is 30.9. The van der Waals surface area contributed by atoms with Crippen LogP contribution in [0.3, 0.4) is 0 Å². The normalized spacial score (nSPS) is 15.1. The SMILES string of the molecule is CCCCCCCCCCCCCCCCCCCC[N+](C(CCC)C(=O)O)(C(CCC)C(=O)O)C(CCC)C(=O)O. The van der Waals surface area contributed by atoms with Crippen molar-refractivity contribution in [2.75, 3.05) is 6.54 Å². The largest absolute Gasteiger partial charge is 0.477 e. The van der Waals surface area contributed by atoms with Gasteiger partial charge in [-0.15, -0.1) is 0 Å². The molecule has 0 radical (unpaired) electrons. The van der Waals surface area contributed by atoms with E-state index >= 15 is 0 Å². The first-order valence-corrected chi connectivity index (χ1v) is 17.8. The highest BCUT2D eigenvalue weighted by Crippen LogP contribution is 2.34. The summed E-state index contributed by atoms with van der Waals surface area (Å²) in [6.45, 7) is 8.19. The van der Waals surface area contributed by atoms with E-state index in [9.17, 15) is 29.7 Å². The lowest BCUT2D eigenvalue weighted by Gasteiger charge is -2.50. The molecule has 0 aliphatic carbocycles. The molecule has 0 aromatic rings. The highest BCUT2D eigenvalue weighted by atomic mass is 16.4. The third-order valence-electron chi connectivity index (χ3n) is 9.18. The van der Waals surface area contributed by atoms with Crippen LogP contribution in [0.2, 0.25) is 0 Å². The zero-order valence-corrected chi connectivity index (χ0v) is 27.9. The summed E-state index contributed by atoms with van der Waals surface area (Å²) in [7, 11) is 0. The first-order valence-electron chi connectivity index (χ1n) is 17.8. The number of carbonyl (C=O) groups is 3. The van der Waals surface area contributed by atoms with Gasteiger partial charge in [-0.1, -0.05) is 130 Å². The molecule has 0 aromatic carbocycles. The Morgan fingerprint density at radius 2 is 0.643 bits per heavy atom. The van der Waals surface area contributed by atoms with Crippen molar-refractivity contribution < 1.29 is 34.2 Å². The molecule has 7 nitrogen and oxygen atoms in total.